The lowest BCUT2D eigenvalue weighted by Gasteiger charge is -2.27. The Morgan fingerprint density at radius 1 is 0.977 bits per heavy atom. The Kier molecular flexibility index (Phi) is 9.41. The van der Waals surface area contributed by atoms with Gasteiger partial charge in [-0.25, -0.2) is 9.79 Å². The summed E-state index contributed by atoms with van der Waals surface area (Å²) in [6, 6.07) is 22.1. The van der Waals surface area contributed by atoms with Crippen molar-refractivity contribution in [3.05, 3.63) is 120 Å². The number of hydrogen-bond donors (Lipinski definition) is 0. The molecular formula is C34H34N2O6S. The Balaban J connectivity index is 1.65. The summed E-state index contributed by atoms with van der Waals surface area (Å²) in [5.41, 5.74) is 3.13. The lowest BCUT2D eigenvalue weighted by Crippen LogP contribution is -2.40. The van der Waals surface area contributed by atoms with Crippen molar-refractivity contribution in [2.24, 2.45) is 4.99 Å². The smallest absolute Gasteiger partial charge is 0.338 e. The van der Waals surface area contributed by atoms with Crippen molar-refractivity contribution in [1.82, 2.24) is 4.57 Å². The quantitative estimate of drug-likeness (QED) is 0.221. The van der Waals surface area contributed by atoms with Gasteiger partial charge in [0.15, 0.2) is 4.80 Å². The van der Waals surface area contributed by atoms with Gasteiger partial charge in [0, 0.05) is 5.56 Å². The predicted octanol–water partition coefficient (Wildman–Crippen LogP) is 5.17. The van der Waals surface area contributed by atoms with E-state index in [0.717, 1.165) is 17.5 Å². The first-order valence-corrected chi connectivity index (χ1v) is 15.0. The summed E-state index contributed by atoms with van der Waals surface area (Å²) in [4.78, 5) is 33.0. The molecule has 9 heteroatoms. The molecule has 0 N–H and O–H groups in total. The predicted molar refractivity (Wildman–Crippen MR) is 166 cm³/mol. The number of carbonyl (C=O) groups excluding carboxylic acids is 1. The summed E-state index contributed by atoms with van der Waals surface area (Å²) in [7, 11) is 3.13. The number of hydrogen-bond acceptors (Lipinski definition) is 8. The summed E-state index contributed by atoms with van der Waals surface area (Å²) in [6.07, 6.45) is 3.13. The number of fused-ring (bicyclic) bond motifs is 1. The van der Waals surface area contributed by atoms with E-state index in [1.54, 1.807) is 43.9 Å². The molecule has 8 nitrogen and oxygen atoms in total. The molecule has 0 saturated carbocycles. The molecule has 43 heavy (non-hydrogen) atoms. The first-order chi connectivity index (χ1) is 21.0. The van der Waals surface area contributed by atoms with E-state index in [2.05, 4.69) is 0 Å². The number of benzene rings is 3. The summed E-state index contributed by atoms with van der Waals surface area (Å²) < 4.78 is 24.8. The fourth-order valence-electron chi connectivity index (χ4n) is 5.05. The fourth-order valence-corrected chi connectivity index (χ4v) is 6.07. The van der Waals surface area contributed by atoms with E-state index in [4.69, 9.17) is 23.9 Å². The van der Waals surface area contributed by atoms with Crippen molar-refractivity contribution in [2.45, 2.75) is 39.3 Å². The zero-order chi connectivity index (χ0) is 30.3. The number of methoxy groups -OCH3 is 2. The number of ether oxygens (including phenoxy) is 4. The number of allylic oxidation sites excluding steroid dienone is 1. The molecule has 1 aliphatic rings. The number of thiazole rings is 1. The lowest BCUT2D eigenvalue weighted by atomic mass is 9.93. The zero-order valence-electron chi connectivity index (χ0n) is 24.7. The SMILES string of the molecule is CCCC1=C(C(=O)OCC)[C@H](c2cc(OC)ccc2OC)n2c(s/c(=C/c3cccc(OCc4ccccc4)c3)c2=O)=N1. The van der Waals surface area contributed by atoms with E-state index in [-0.39, 0.29) is 12.2 Å². The molecule has 3 aromatic carbocycles. The second-order valence-corrected chi connectivity index (χ2v) is 10.9. The second-order valence-electron chi connectivity index (χ2n) is 9.87. The van der Waals surface area contributed by atoms with Crippen molar-refractivity contribution >= 4 is 23.4 Å². The average Bonchev–Trinajstić information content (AvgIpc) is 3.33. The van der Waals surface area contributed by atoms with Crippen LogP contribution in [0.3, 0.4) is 0 Å². The highest BCUT2D eigenvalue weighted by Gasteiger charge is 2.36. The summed E-state index contributed by atoms with van der Waals surface area (Å²) in [5, 5.41) is 0. The third-order valence-electron chi connectivity index (χ3n) is 7.03. The van der Waals surface area contributed by atoms with Crippen LogP contribution in [0.2, 0.25) is 0 Å². The van der Waals surface area contributed by atoms with Crippen LogP contribution in [0, 0.1) is 0 Å². The van der Waals surface area contributed by atoms with Gasteiger partial charge in [-0.1, -0.05) is 67.1 Å². The maximum absolute atomic E-state index is 14.1. The lowest BCUT2D eigenvalue weighted by molar-refractivity contribution is -0.139. The van der Waals surface area contributed by atoms with Crippen LogP contribution < -0.4 is 29.1 Å². The van der Waals surface area contributed by atoms with Gasteiger partial charge in [-0.3, -0.25) is 9.36 Å². The molecule has 0 fully saturated rings. The maximum atomic E-state index is 14.1. The minimum atomic E-state index is -0.815. The number of aromatic nitrogens is 1. The van der Waals surface area contributed by atoms with Crippen molar-refractivity contribution in [1.29, 1.82) is 0 Å². The molecule has 2 heterocycles. The summed E-state index contributed by atoms with van der Waals surface area (Å²) >= 11 is 1.28. The van der Waals surface area contributed by atoms with Crippen molar-refractivity contribution < 1.29 is 23.7 Å². The fraction of sp³-hybridized carbons (Fsp3) is 0.265. The van der Waals surface area contributed by atoms with Crippen molar-refractivity contribution in [3.8, 4) is 17.2 Å². The minimum Gasteiger partial charge on any atom is -0.497 e. The van der Waals surface area contributed by atoms with Crippen LogP contribution >= 0.6 is 11.3 Å². The van der Waals surface area contributed by atoms with E-state index in [1.165, 1.54) is 11.3 Å². The van der Waals surface area contributed by atoms with Crippen LogP contribution in [0.1, 0.15) is 49.4 Å². The van der Waals surface area contributed by atoms with Crippen LogP contribution in [0.25, 0.3) is 6.08 Å². The van der Waals surface area contributed by atoms with Crippen molar-refractivity contribution in [3.63, 3.8) is 0 Å². The van der Waals surface area contributed by atoms with Gasteiger partial charge in [-0.05, 0) is 60.9 Å². The third-order valence-corrected chi connectivity index (χ3v) is 8.01. The number of nitrogens with zero attached hydrogens (tertiary/aromatic N) is 2. The molecule has 0 spiro atoms. The molecule has 1 aliphatic heterocycles. The highest BCUT2D eigenvalue weighted by Crippen LogP contribution is 2.38. The van der Waals surface area contributed by atoms with Gasteiger partial charge in [0.05, 0.1) is 36.6 Å². The molecule has 4 aromatic rings. The molecule has 1 atom stereocenters. The molecule has 1 aromatic heterocycles. The van der Waals surface area contributed by atoms with E-state index >= 15 is 0 Å². The highest BCUT2D eigenvalue weighted by molar-refractivity contribution is 7.07. The van der Waals surface area contributed by atoms with Gasteiger partial charge >= 0.3 is 5.97 Å². The van der Waals surface area contributed by atoms with Gasteiger partial charge in [0.1, 0.15) is 29.9 Å². The molecule has 0 aliphatic carbocycles. The molecule has 0 saturated heterocycles. The van der Waals surface area contributed by atoms with Crippen molar-refractivity contribution in [2.75, 3.05) is 20.8 Å². The third kappa shape index (κ3) is 6.41. The Hall–Kier alpha value is -4.63. The van der Waals surface area contributed by atoms with E-state index < -0.39 is 12.0 Å². The Morgan fingerprint density at radius 2 is 1.79 bits per heavy atom. The van der Waals surface area contributed by atoms with Crippen LogP contribution in [0.4, 0.5) is 0 Å². The first kappa shape index (κ1) is 29.8. The highest BCUT2D eigenvalue weighted by atomic mass is 32.1. The standard InChI is InChI=1S/C34H34N2O6S/c1-5-11-27-30(33(38)41-6-2)31(26-20-24(39-3)16-17-28(26)40-4)36-32(37)29(43-34(36)35-27)19-23-14-10-15-25(18-23)42-21-22-12-8-7-9-13-22/h7-10,12-20,31H,5-6,11,21H2,1-4H3/b29-19+/t31-/m0/s1. The second kappa shape index (κ2) is 13.6. The monoisotopic (exact) mass is 598 g/mol. The number of carbonyl (C=O) groups is 1. The normalized spacial score (nSPS) is 14.6. The van der Waals surface area contributed by atoms with Crippen LogP contribution in [-0.4, -0.2) is 31.4 Å². The first-order valence-electron chi connectivity index (χ1n) is 14.2. The van der Waals surface area contributed by atoms with Gasteiger partial charge in [-0.2, -0.15) is 0 Å². The molecule has 0 bridgehead atoms. The molecule has 0 amide bonds. The summed E-state index contributed by atoms with van der Waals surface area (Å²) in [6.45, 7) is 4.41. The van der Waals surface area contributed by atoms with Gasteiger partial charge in [0.25, 0.3) is 5.56 Å². The zero-order valence-corrected chi connectivity index (χ0v) is 25.5. The van der Waals surface area contributed by atoms with E-state index in [1.807, 2.05) is 67.6 Å². The largest absolute Gasteiger partial charge is 0.497 e. The topological polar surface area (TPSA) is 88.4 Å². The minimum absolute atomic E-state index is 0.191. The number of esters is 1. The van der Waals surface area contributed by atoms with Gasteiger partial charge in [-0.15, -0.1) is 0 Å². The average molecular weight is 599 g/mol. The molecule has 5 rings (SSSR count). The Bertz CT molecular complexity index is 1820. The van der Waals surface area contributed by atoms with Crippen LogP contribution in [0.15, 0.2) is 93.9 Å². The van der Waals surface area contributed by atoms with Gasteiger partial charge in [0.2, 0.25) is 0 Å². The Morgan fingerprint density at radius 3 is 2.51 bits per heavy atom. The summed E-state index contributed by atoms with van der Waals surface area (Å²) in [5.74, 6) is 1.27. The van der Waals surface area contributed by atoms with Crippen LogP contribution in [0.5, 0.6) is 17.2 Å². The Labute approximate surface area is 254 Å². The van der Waals surface area contributed by atoms with E-state index in [0.29, 0.717) is 56.4 Å². The van der Waals surface area contributed by atoms with Crippen LogP contribution in [-0.2, 0) is 16.1 Å². The number of rotatable bonds is 11. The van der Waals surface area contributed by atoms with Gasteiger partial charge < -0.3 is 18.9 Å². The molecule has 0 radical (unpaired) electrons. The van der Waals surface area contributed by atoms with E-state index in [9.17, 15) is 9.59 Å². The molecular weight excluding hydrogens is 564 g/mol. The molecule has 0 unspecified atom stereocenters. The maximum Gasteiger partial charge on any atom is 0.338 e. The molecule has 222 valence electrons.